The first-order chi connectivity index (χ1) is 16.9. The normalized spacial score (nSPS) is 15.2. The van der Waals surface area contributed by atoms with Gasteiger partial charge in [0.25, 0.3) is 0 Å². The van der Waals surface area contributed by atoms with E-state index in [2.05, 4.69) is 35.6 Å². The molecular formula is C27H27ClN3O4-. The molecule has 1 aliphatic rings. The number of carboxylic acid groups (broad SMARTS) is 1. The quantitative estimate of drug-likeness (QED) is 0.411. The highest BCUT2D eigenvalue weighted by Crippen LogP contribution is 2.37. The van der Waals surface area contributed by atoms with E-state index in [9.17, 15) is 4.79 Å². The first-order valence-corrected chi connectivity index (χ1v) is 11.6. The Hall–Kier alpha value is -3.23. The third kappa shape index (κ3) is 5.89. The van der Waals surface area contributed by atoms with Crippen LogP contribution < -0.4 is 0 Å². The van der Waals surface area contributed by atoms with Crippen LogP contribution in [0.3, 0.4) is 0 Å². The van der Waals surface area contributed by atoms with Crippen molar-refractivity contribution in [3.8, 4) is 11.1 Å². The molecule has 0 aromatic heterocycles. The first kappa shape index (κ1) is 24.9. The molecular weight excluding hydrogens is 466 g/mol. The highest BCUT2D eigenvalue weighted by atomic mass is 35.5. The van der Waals surface area contributed by atoms with E-state index in [1.165, 1.54) is 5.56 Å². The predicted molar refractivity (Wildman–Crippen MR) is 136 cm³/mol. The number of halogens is 1. The summed E-state index contributed by atoms with van der Waals surface area (Å²) in [6.07, 6.45) is -0.579. The zero-order valence-corrected chi connectivity index (χ0v) is 20.6. The maximum Gasteiger partial charge on any atom is 0.317 e. The van der Waals surface area contributed by atoms with Crippen molar-refractivity contribution < 1.29 is 19.5 Å². The molecule has 0 radical (unpaired) electrons. The van der Waals surface area contributed by atoms with Crippen LogP contribution in [-0.2, 0) is 27.5 Å². The summed E-state index contributed by atoms with van der Waals surface area (Å²) in [6, 6.07) is 19.9. The minimum absolute atomic E-state index is 0.0491. The highest BCUT2D eigenvalue weighted by Gasteiger charge is 2.18. The van der Waals surface area contributed by atoms with Gasteiger partial charge in [-0.3, -0.25) is 14.7 Å². The molecule has 4 rings (SSSR count). The Labute approximate surface area is 209 Å². The molecule has 0 spiro atoms. The van der Waals surface area contributed by atoms with Gasteiger partial charge in [-0.05, 0) is 65.6 Å². The Morgan fingerprint density at radius 1 is 1.17 bits per heavy atom. The van der Waals surface area contributed by atoms with E-state index in [-0.39, 0.29) is 6.54 Å². The minimum Gasteiger partial charge on any atom is -0.572 e. The lowest BCUT2D eigenvalue weighted by Crippen LogP contribution is -2.25. The Kier molecular flexibility index (Phi) is 7.83. The van der Waals surface area contributed by atoms with E-state index in [1.807, 2.05) is 42.5 Å². The second-order valence-corrected chi connectivity index (χ2v) is 8.95. The van der Waals surface area contributed by atoms with Gasteiger partial charge < -0.3 is 20.2 Å². The zero-order chi connectivity index (χ0) is 24.9. The van der Waals surface area contributed by atoms with Crippen molar-refractivity contribution in [2.45, 2.75) is 26.2 Å². The standard InChI is InChI=1S/C27H27ClN3O4/c1-17-6-4-5-7-21(17)22-11-9-19(13-20(22)16-34-3)27-29-26(30-35-27)23-10-8-18(12-24(23)28)14-31(2)15-25(32)33/h4-13,26H,14-16H2,1-3H3,(H,32,33)/q-1. The predicted octanol–water partition coefficient (Wildman–Crippen LogP) is 5.74. The summed E-state index contributed by atoms with van der Waals surface area (Å²) in [5, 5.41) is 9.44. The minimum atomic E-state index is -0.875. The molecule has 1 heterocycles. The lowest BCUT2D eigenvalue weighted by Gasteiger charge is -2.22. The number of aliphatic carboxylic acids is 1. The number of aliphatic imine (C=N–C) groups is 1. The molecule has 3 aromatic rings. The lowest BCUT2D eigenvalue weighted by atomic mass is 9.94. The molecule has 8 heteroatoms. The number of likely N-dealkylation sites (N-methyl/N-ethyl adjacent to an activating group) is 1. The molecule has 0 saturated carbocycles. The first-order valence-electron chi connectivity index (χ1n) is 11.2. The molecule has 0 amide bonds. The number of benzene rings is 3. The van der Waals surface area contributed by atoms with Crippen LogP contribution in [0.4, 0.5) is 0 Å². The molecule has 0 bridgehead atoms. The van der Waals surface area contributed by atoms with E-state index < -0.39 is 12.1 Å². The summed E-state index contributed by atoms with van der Waals surface area (Å²) in [4.78, 5) is 22.8. The van der Waals surface area contributed by atoms with Gasteiger partial charge in [0, 0.05) is 30.4 Å². The zero-order valence-electron chi connectivity index (χ0n) is 19.9. The number of carbonyl (C=O) groups is 1. The third-order valence-corrected chi connectivity index (χ3v) is 6.09. The van der Waals surface area contributed by atoms with Crippen molar-refractivity contribution >= 4 is 23.5 Å². The van der Waals surface area contributed by atoms with Crippen LogP contribution in [0.5, 0.6) is 0 Å². The number of hydrogen-bond donors (Lipinski definition) is 1. The Morgan fingerprint density at radius 3 is 2.69 bits per heavy atom. The second kappa shape index (κ2) is 11.0. The van der Waals surface area contributed by atoms with Gasteiger partial charge in [0.2, 0.25) is 0 Å². The number of hydroxylamine groups is 1. The number of methoxy groups -OCH3 is 1. The molecule has 7 nitrogen and oxygen atoms in total. The molecule has 3 aromatic carbocycles. The highest BCUT2D eigenvalue weighted by molar-refractivity contribution is 6.31. The maximum atomic E-state index is 10.9. The fourth-order valence-electron chi connectivity index (χ4n) is 4.13. The average Bonchev–Trinajstić information content (AvgIpc) is 3.29. The molecule has 1 unspecified atom stereocenters. The van der Waals surface area contributed by atoms with Crippen LogP contribution in [0.25, 0.3) is 16.6 Å². The van der Waals surface area contributed by atoms with Crippen molar-refractivity contribution in [2.75, 3.05) is 20.7 Å². The van der Waals surface area contributed by atoms with E-state index in [4.69, 9.17) is 26.3 Å². The van der Waals surface area contributed by atoms with Crippen LogP contribution in [-0.4, -0.2) is 42.6 Å². The fraction of sp³-hybridized carbons (Fsp3) is 0.259. The van der Waals surface area contributed by atoms with Crippen LogP contribution >= 0.6 is 11.6 Å². The van der Waals surface area contributed by atoms with E-state index >= 15 is 0 Å². The second-order valence-electron chi connectivity index (χ2n) is 8.55. The van der Waals surface area contributed by atoms with E-state index in [0.29, 0.717) is 24.1 Å². The van der Waals surface area contributed by atoms with Gasteiger partial charge in [0.05, 0.1) is 13.2 Å². The van der Waals surface area contributed by atoms with Crippen LogP contribution in [0.15, 0.2) is 65.7 Å². The van der Waals surface area contributed by atoms with Gasteiger partial charge in [-0.25, -0.2) is 0 Å². The van der Waals surface area contributed by atoms with Gasteiger partial charge >= 0.3 is 5.97 Å². The van der Waals surface area contributed by atoms with E-state index in [0.717, 1.165) is 33.4 Å². The lowest BCUT2D eigenvalue weighted by molar-refractivity contribution is -0.138. The summed E-state index contributed by atoms with van der Waals surface area (Å²) in [6.45, 7) is 2.96. The number of rotatable bonds is 9. The van der Waals surface area contributed by atoms with E-state index in [1.54, 1.807) is 19.1 Å². The Morgan fingerprint density at radius 2 is 1.97 bits per heavy atom. The van der Waals surface area contributed by atoms with Crippen LogP contribution in [0.2, 0.25) is 5.02 Å². The van der Waals surface area contributed by atoms with Gasteiger partial charge in [0.15, 0.2) is 5.90 Å². The molecule has 0 aliphatic carbocycles. The number of carboxylic acids is 1. The van der Waals surface area contributed by atoms with Crippen molar-refractivity contribution in [2.24, 2.45) is 4.99 Å². The third-order valence-electron chi connectivity index (χ3n) is 5.77. The number of hydrogen-bond acceptors (Lipinski definition) is 5. The maximum absolute atomic E-state index is 10.9. The SMILES string of the molecule is COCc1cc(C2=NC(c3ccc(CN(C)CC(=O)O)cc3Cl)[N-]O2)ccc1-c1ccccc1C. The fourth-order valence-corrected chi connectivity index (χ4v) is 4.43. The summed E-state index contributed by atoms with van der Waals surface area (Å²) >= 11 is 6.53. The van der Waals surface area contributed by atoms with Gasteiger partial charge in [0.1, 0.15) is 0 Å². The van der Waals surface area contributed by atoms with Gasteiger partial charge in [-0.2, -0.15) is 0 Å². The molecule has 1 aliphatic heterocycles. The number of aryl methyl sites for hydroxylation is 1. The van der Waals surface area contributed by atoms with Crippen LogP contribution in [0.1, 0.15) is 34.0 Å². The van der Waals surface area contributed by atoms with Gasteiger partial charge in [-0.15, -0.1) is 0 Å². The molecule has 182 valence electrons. The number of nitrogens with zero attached hydrogens (tertiary/aromatic N) is 3. The molecule has 0 saturated heterocycles. The molecule has 35 heavy (non-hydrogen) atoms. The smallest absolute Gasteiger partial charge is 0.317 e. The monoisotopic (exact) mass is 492 g/mol. The van der Waals surface area contributed by atoms with Crippen molar-refractivity contribution in [3.05, 3.63) is 99.0 Å². The number of ether oxygens (including phenoxy) is 1. The van der Waals surface area contributed by atoms with Crippen molar-refractivity contribution in [1.29, 1.82) is 0 Å². The summed E-state index contributed by atoms with van der Waals surface area (Å²) in [7, 11) is 3.42. The Bertz CT molecular complexity index is 1260. The largest absolute Gasteiger partial charge is 0.572 e. The van der Waals surface area contributed by atoms with Gasteiger partial charge in [-0.1, -0.05) is 54.1 Å². The van der Waals surface area contributed by atoms with Crippen molar-refractivity contribution in [1.82, 2.24) is 4.90 Å². The Balaban J connectivity index is 1.56. The summed E-state index contributed by atoms with van der Waals surface area (Å²) in [5.41, 5.74) is 11.1. The molecule has 1 atom stereocenters. The van der Waals surface area contributed by atoms with Crippen LogP contribution in [0, 0.1) is 6.92 Å². The summed E-state index contributed by atoms with van der Waals surface area (Å²) < 4.78 is 5.46. The van der Waals surface area contributed by atoms with Crippen molar-refractivity contribution in [3.63, 3.8) is 0 Å². The molecule has 1 N–H and O–H groups in total. The molecule has 0 fully saturated rings. The average molecular weight is 493 g/mol. The topological polar surface area (TPSA) is 85.5 Å². The summed E-state index contributed by atoms with van der Waals surface area (Å²) in [5.74, 6) is -0.454.